The molecule has 0 saturated heterocycles. The fourth-order valence-electron chi connectivity index (χ4n) is 1.86. The number of imidazole rings is 1. The standard InChI is InChI=1S/C13H9ClN2O/c14-13-15-11-8-10(17)6-7-12(11)16(13)9-4-2-1-3-5-9/h1-8,17H. The third-order valence-electron chi connectivity index (χ3n) is 2.61. The Hall–Kier alpha value is -2.00. The summed E-state index contributed by atoms with van der Waals surface area (Å²) in [6, 6.07) is 14.8. The largest absolute Gasteiger partial charge is 0.508 e. The van der Waals surface area contributed by atoms with Crippen molar-refractivity contribution < 1.29 is 5.11 Å². The first kappa shape index (κ1) is 10.2. The Kier molecular flexibility index (Phi) is 2.27. The number of aromatic hydroxyl groups is 1. The minimum Gasteiger partial charge on any atom is -0.508 e. The van der Waals surface area contributed by atoms with E-state index >= 15 is 0 Å². The van der Waals surface area contributed by atoms with E-state index in [4.69, 9.17) is 11.6 Å². The van der Waals surface area contributed by atoms with Crippen molar-refractivity contribution in [2.45, 2.75) is 0 Å². The van der Waals surface area contributed by atoms with Gasteiger partial charge in [0, 0.05) is 11.8 Å². The van der Waals surface area contributed by atoms with Crippen LogP contribution in [0.1, 0.15) is 0 Å². The highest BCUT2D eigenvalue weighted by Crippen LogP contribution is 2.26. The van der Waals surface area contributed by atoms with E-state index in [0.29, 0.717) is 10.8 Å². The average molecular weight is 245 g/mol. The van der Waals surface area contributed by atoms with Crippen LogP contribution in [0.2, 0.25) is 5.28 Å². The van der Waals surface area contributed by atoms with Gasteiger partial charge in [-0.2, -0.15) is 0 Å². The zero-order valence-electron chi connectivity index (χ0n) is 8.84. The summed E-state index contributed by atoms with van der Waals surface area (Å²) in [4.78, 5) is 4.22. The van der Waals surface area contributed by atoms with Crippen LogP contribution < -0.4 is 0 Å². The average Bonchev–Trinajstić information content (AvgIpc) is 2.65. The Morgan fingerprint density at radius 1 is 1.06 bits per heavy atom. The molecule has 17 heavy (non-hydrogen) atoms. The lowest BCUT2D eigenvalue weighted by Gasteiger charge is -2.04. The van der Waals surface area contributed by atoms with Gasteiger partial charge in [0.15, 0.2) is 0 Å². The SMILES string of the molecule is Oc1ccc2c(c1)nc(Cl)n2-c1ccccc1. The molecule has 3 nitrogen and oxygen atoms in total. The van der Waals surface area contributed by atoms with Crippen LogP contribution in [0.3, 0.4) is 0 Å². The van der Waals surface area contributed by atoms with Crippen LogP contribution in [0.25, 0.3) is 16.7 Å². The summed E-state index contributed by atoms with van der Waals surface area (Å²) >= 11 is 6.12. The number of halogens is 1. The summed E-state index contributed by atoms with van der Waals surface area (Å²) in [7, 11) is 0. The van der Waals surface area contributed by atoms with Gasteiger partial charge >= 0.3 is 0 Å². The summed E-state index contributed by atoms with van der Waals surface area (Å²) < 4.78 is 1.84. The molecule has 0 atom stereocenters. The molecule has 1 heterocycles. The molecule has 0 unspecified atom stereocenters. The molecule has 3 aromatic rings. The summed E-state index contributed by atoms with van der Waals surface area (Å²) in [6.07, 6.45) is 0. The lowest BCUT2D eigenvalue weighted by atomic mass is 10.2. The molecule has 0 radical (unpaired) electrons. The molecule has 0 aliphatic heterocycles. The van der Waals surface area contributed by atoms with Crippen LogP contribution >= 0.6 is 11.6 Å². The molecule has 0 amide bonds. The summed E-state index contributed by atoms with van der Waals surface area (Å²) in [5.74, 6) is 0.187. The van der Waals surface area contributed by atoms with Crippen LogP contribution in [0.15, 0.2) is 48.5 Å². The molecule has 1 aromatic heterocycles. The van der Waals surface area contributed by atoms with Crippen molar-refractivity contribution in [2.75, 3.05) is 0 Å². The first-order valence-corrected chi connectivity index (χ1v) is 5.56. The Bertz CT molecular complexity index is 676. The van der Waals surface area contributed by atoms with Gasteiger partial charge in [-0.05, 0) is 35.9 Å². The van der Waals surface area contributed by atoms with Crippen molar-refractivity contribution in [3.63, 3.8) is 0 Å². The third kappa shape index (κ3) is 1.65. The molecule has 0 bridgehead atoms. The number of phenolic OH excluding ortho intramolecular Hbond substituents is 1. The van der Waals surface area contributed by atoms with Crippen molar-refractivity contribution in [3.05, 3.63) is 53.8 Å². The monoisotopic (exact) mass is 244 g/mol. The van der Waals surface area contributed by atoms with E-state index in [1.165, 1.54) is 0 Å². The molecule has 2 aromatic carbocycles. The summed E-state index contributed by atoms with van der Waals surface area (Å²) in [5.41, 5.74) is 2.50. The van der Waals surface area contributed by atoms with E-state index < -0.39 is 0 Å². The van der Waals surface area contributed by atoms with Crippen molar-refractivity contribution in [3.8, 4) is 11.4 Å². The maximum Gasteiger partial charge on any atom is 0.208 e. The van der Waals surface area contributed by atoms with Crippen LogP contribution in [-0.4, -0.2) is 14.7 Å². The second-order valence-corrected chi connectivity index (χ2v) is 4.06. The highest BCUT2D eigenvalue weighted by atomic mass is 35.5. The van der Waals surface area contributed by atoms with Gasteiger partial charge in [-0.1, -0.05) is 18.2 Å². The quantitative estimate of drug-likeness (QED) is 0.713. The van der Waals surface area contributed by atoms with E-state index in [9.17, 15) is 5.11 Å². The maximum absolute atomic E-state index is 9.41. The van der Waals surface area contributed by atoms with Gasteiger partial charge in [-0.15, -0.1) is 0 Å². The smallest absolute Gasteiger partial charge is 0.208 e. The number of fused-ring (bicyclic) bond motifs is 1. The molecular weight excluding hydrogens is 236 g/mol. The normalized spacial score (nSPS) is 10.9. The molecule has 0 fully saturated rings. The van der Waals surface area contributed by atoms with E-state index in [2.05, 4.69) is 4.98 Å². The van der Waals surface area contributed by atoms with E-state index in [1.807, 2.05) is 34.9 Å². The number of benzene rings is 2. The topological polar surface area (TPSA) is 38.1 Å². The maximum atomic E-state index is 9.41. The molecule has 84 valence electrons. The molecule has 0 aliphatic rings. The third-order valence-corrected chi connectivity index (χ3v) is 2.87. The van der Waals surface area contributed by atoms with Gasteiger partial charge < -0.3 is 5.11 Å². The number of aromatic nitrogens is 2. The molecule has 4 heteroatoms. The highest BCUT2D eigenvalue weighted by molar-refractivity contribution is 6.29. The van der Waals surface area contributed by atoms with Crippen molar-refractivity contribution in [2.24, 2.45) is 0 Å². The Balaban J connectivity index is 2.33. The van der Waals surface area contributed by atoms with Crippen LogP contribution in [0, 0.1) is 0 Å². The molecule has 0 saturated carbocycles. The van der Waals surface area contributed by atoms with Gasteiger partial charge in [0.05, 0.1) is 11.0 Å². The van der Waals surface area contributed by atoms with Crippen LogP contribution in [-0.2, 0) is 0 Å². The second-order valence-electron chi connectivity index (χ2n) is 3.72. The Morgan fingerprint density at radius 3 is 2.59 bits per heavy atom. The van der Waals surface area contributed by atoms with E-state index in [0.717, 1.165) is 11.2 Å². The number of nitrogens with zero attached hydrogens (tertiary/aromatic N) is 2. The first-order chi connectivity index (χ1) is 8.25. The summed E-state index contributed by atoms with van der Waals surface area (Å²) in [5, 5.41) is 9.79. The minimum absolute atomic E-state index is 0.187. The van der Waals surface area contributed by atoms with E-state index in [-0.39, 0.29) is 5.75 Å². The lowest BCUT2D eigenvalue weighted by molar-refractivity contribution is 0.476. The number of phenols is 1. The van der Waals surface area contributed by atoms with Gasteiger partial charge in [0.25, 0.3) is 0 Å². The Morgan fingerprint density at radius 2 is 1.82 bits per heavy atom. The number of hydrogen-bond acceptors (Lipinski definition) is 2. The molecular formula is C13H9ClN2O. The number of hydrogen-bond donors (Lipinski definition) is 1. The number of rotatable bonds is 1. The van der Waals surface area contributed by atoms with E-state index in [1.54, 1.807) is 18.2 Å². The zero-order chi connectivity index (χ0) is 11.8. The number of para-hydroxylation sites is 1. The van der Waals surface area contributed by atoms with Gasteiger partial charge in [-0.3, -0.25) is 4.57 Å². The minimum atomic E-state index is 0.187. The summed E-state index contributed by atoms with van der Waals surface area (Å²) in [6.45, 7) is 0. The fourth-order valence-corrected chi connectivity index (χ4v) is 2.14. The lowest BCUT2D eigenvalue weighted by Crippen LogP contribution is -1.92. The zero-order valence-corrected chi connectivity index (χ0v) is 9.59. The van der Waals surface area contributed by atoms with Crippen molar-refractivity contribution in [1.82, 2.24) is 9.55 Å². The first-order valence-electron chi connectivity index (χ1n) is 5.18. The predicted molar refractivity (Wildman–Crippen MR) is 67.7 cm³/mol. The predicted octanol–water partition coefficient (Wildman–Crippen LogP) is 3.38. The molecule has 0 spiro atoms. The second kappa shape index (κ2) is 3.79. The Labute approximate surface area is 103 Å². The molecule has 0 aliphatic carbocycles. The fraction of sp³-hybridized carbons (Fsp3) is 0. The van der Waals surface area contributed by atoms with Gasteiger partial charge in [0.2, 0.25) is 5.28 Å². The van der Waals surface area contributed by atoms with Crippen molar-refractivity contribution >= 4 is 22.6 Å². The van der Waals surface area contributed by atoms with Gasteiger partial charge in [-0.25, -0.2) is 4.98 Å². The molecule has 1 N–H and O–H groups in total. The van der Waals surface area contributed by atoms with Crippen LogP contribution in [0.4, 0.5) is 0 Å². The molecule has 3 rings (SSSR count). The van der Waals surface area contributed by atoms with Crippen LogP contribution in [0.5, 0.6) is 5.75 Å². The highest BCUT2D eigenvalue weighted by Gasteiger charge is 2.10. The van der Waals surface area contributed by atoms with Crippen molar-refractivity contribution in [1.29, 1.82) is 0 Å². The van der Waals surface area contributed by atoms with Gasteiger partial charge in [0.1, 0.15) is 5.75 Å².